The number of nitrogens with one attached hydrogen (secondary N) is 3. The smallest absolute Gasteiger partial charge is 0.229 e. The standard InChI is InChI=1S/C17H20N2O2S.C4H11NO2S/c1-22(20,21)19-17-4-2-3-15(11-17)13-5-7-14(8-6-13)16-9-10-18-12-16;1-4(2)8(6,7)5-3/h2-8,11,16,18-19H,9-10,12H2,1H3;4-5H,1-3H3. The van der Waals surface area contributed by atoms with Gasteiger partial charge >= 0.3 is 0 Å². The first-order valence-corrected chi connectivity index (χ1v) is 13.3. The Hall–Kier alpha value is -1.94. The Balaban J connectivity index is 0.000000343. The SMILES string of the molecule is CNS(=O)(=O)C(C)C.CS(=O)(=O)Nc1cccc(-c2ccc(C3CCNC3)cc2)c1. The van der Waals surface area contributed by atoms with Crippen LogP contribution in [0, 0.1) is 0 Å². The molecule has 1 atom stereocenters. The summed E-state index contributed by atoms with van der Waals surface area (Å²) in [6, 6.07) is 16.0. The molecule has 1 saturated heterocycles. The van der Waals surface area contributed by atoms with Gasteiger partial charge in [-0.25, -0.2) is 21.6 Å². The second kappa shape index (κ2) is 10.4. The number of sulfonamides is 2. The fourth-order valence-electron chi connectivity index (χ4n) is 3.10. The van der Waals surface area contributed by atoms with Crippen molar-refractivity contribution in [1.82, 2.24) is 10.0 Å². The highest BCUT2D eigenvalue weighted by atomic mass is 32.2. The molecule has 2 aromatic rings. The van der Waals surface area contributed by atoms with Gasteiger partial charge in [0.05, 0.1) is 11.5 Å². The summed E-state index contributed by atoms with van der Waals surface area (Å²) in [6.45, 7) is 5.40. The lowest BCUT2D eigenvalue weighted by Gasteiger charge is -2.11. The number of hydrogen-bond acceptors (Lipinski definition) is 5. The molecule has 3 N–H and O–H groups in total. The second-order valence-electron chi connectivity index (χ2n) is 7.56. The van der Waals surface area contributed by atoms with Gasteiger partial charge in [0.25, 0.3) is 0 Å². The van der Waals surface area contributed by atoms with E-state index < -0.39 is 20.0 Å². The molecule has 30 heavy (non-hydrogen) atoms. The van der Waals surface area contributed by atoms with Crippen LogP contribution < -0.4 is 14.8 Å². The maximum Gasteiger partial charge on any atom is 0.229 e. The van der Waals surface area contributed by atoms with E-state index in [-0.39, 0.29) is 5.25 Å². The number of anilines is 1. The molecule has 1 heterocycles. The van der Waals surface area contributed by atoms with Gasteiger partial charge in [-0.1, -0.05) is 36.4 Å². The van der Waals surface area contributed by atoms with Crippen LogP contribution in [-0.4, -0.2) is 48.5 Å². The van der Waals surface area contributed by atoms with Crippen LogP contribution in [0.15, 0.2) is 48.5 Å². The predicted molar refractivity (Wildman–Crippen MR) is 124 cm³/mol. The van der Waals surface area contributed by atoms with Gasteiger partial charge in [0, 0.05) is 12.2 Å². The summed E-state index contributed by atoms with van der Waals surface area (Å²) in [5.74, 6) is 0.604. The molecule has 166 valence electrons. The normalized spacial score (nSPS) is 16.8. The Morgan fingerprint density at radius 1 is 1.00 bits per heavy atom. The summed E-state index contributed by atoms with van der Waals surface area (Å²) in [4.78, 5) is 0. The average molecular weight is 454 g/mol. The molecule has 7 nitrogen and oxygen atoms in total. The summed E-state index contributed by atoms with van der Waals surface area (Å²) >= 11 is 0. The number of rotatable bonds is 6. The van der Waals surface area contributed by atoms with E-state index in [1.54, 1.807) is 19.9 Å². The zero-order chi connectivity index (χ0) is 22.4. The van der Waals surface area contributed by atoms with E-state index >= 15 is 0 Å². The maximum atomic E-state index is 11.3. The van der Waals surface area contributed by atoms with Crippen LogP contribution in [0.5, 0.6) is 0 Å². The topological polar surface area (TPSA) is 104 Å². The van der Waals surface area contributed by atoms with Gasteiger partial charge < -0.3 is 5.32 Å². The zero-order valence-corrected chi connectivity index (χ0v) is 19.5. The van der Waals surface area contributed by atoms with Gasteiger partial charge in [0.15, 0.2) is 0 Å². The van der Waals surface area contributed by atoms with Crippen LogP contribution in [-0.2, 0) is 20.0 Å². The van der Waals surface area contributed by atoms with Crippen molar-refractivity contribution in [2.24, 2.45) is 0 Å². The highest BCUT2D eigenvalue weighted by molar-refractivity contribution is 7.92. The van der Waals surface area contributed by atoms with Gasteiger partial charge in [-0.2, -0.15) is 0 Å². The number of benzene rings is 2. The van der Waals surface area contributed by atoms with Gasteiger partial charge in [-0.3, -0.25) is 4.72 Å². The van der Waals surface area contributed by atoms with Crippen LogP contribution >= 0.6 is 0 Å². The fraction of sp³-hybridized carbons (Fsp3) is 0.429. The Kier molecular flexibility index (Phi) is 8.42. The van der Waals surface area contributed by atoms with Gasteiger partial charge in [-0.05, 0) is 68.6 Å². The molecule has 9 heteroatoms. The second-order valence-corrected chi connectivity index (χ2v) is 11.8. The lowest BCUT2D eigenvalue weighted by molar-refractivity contribution is 0.579. The van der Waals surface area contributed by atoms with Crippen LogP contribution in [0.25, 0.3) is 11.1 Å². The first-order chi connectivity index (χ1) is 14.0. The minimum atomic E-state index is -3.25. The molecule has 1 aliphatic rings. The Morgan fingerprint density at radius 3 is 2.13 bits per heavy atom. The number of hydrogen-bond donors (Lipinski definition) is 3. The molecule has 0 aromatic heterocycles. The van der Waals surface area contributed by atoms with Gasteiger partial charge in [-0.15, -0.1) is 0 Å². The van der Waals surface area contributed by atoms with Crippen LogP contribution in [0.4, 0.5) is 5.69 Å². The van der Waals surface area contributed by atoms with E-state index in [9.17, 15) is 16.8 Å². The summed E-state index contributed by atoms with van der Waals surface area (Å²) < 4.78 is 48.5. The Labute approximate surface area is 180 Å². The summed E-state index contributed by atoms with van der Waals surface area (Å²) in [6.07, 6.45) is 2.34. The third kappa shape index (κ3) is 7.39. The highest BCUT2D eigenvalue weighted by Crippen LogP contribution is 2.27. The molecule has 1 aliphatic heterocycles. The first kappa shape index (κ1) is 24.3. The van der Waals surface area contributed by atoms with Crippen molar-refractivity contribution < 1.29 is 16.8 Å². The molecule has 1 fully saturated rings. The average Bonchev–Trinajstić information content (AvgIpc) is 3.22. The molecule has 0 saturated carbocycles. The summed E-state index contributed by atoms with van der Waals surface area (Å²) in [5.41, 5.74) is 4.04. The van der Waals surface area contributed by atoms with E-state index in [0.717, 1.165) is 30.5 Å². The Morgan fingerprint density at radius 2 is 1.67 bits per heavy atom. The van der Waals surface area contributed by atoms with Crippen LogP contribution in [0.1, 0.15) is 31.7 Å². The third-order valence-corrected chi connectivity index (χ3v) is 7.26. The van der Waals surface area contributed by atoms with E-state index in [1.165, 1.54) is 19.0 Å². The first-order valence-electron chi connectivity index (χ1n) is 9.83. The highest BCUT2D eigenvalue weighted by Gasteiger charge is 2.16. The molecule has 0 amide bonds. The third-order valence-electron chi connectivity index (χ3n) is 4.85. The largest absolute Gasteiger partial charge is 0.316 e. The molecule has 0 spiro atoms. The minimum absolute atomic E-state index is 0.326. The molecular weight excluding hydrogens is 422 g/mol. The molecule has 0 radical (unpaired) electrons. The Bertz CT molecular complexity index is 1030. The van der Waals surface area contributed by atoms with E-state index in [0.29, 0.717) is 11.6 Å². The van der Waals surface area contributed by atoms with Crippen molar-refractivity contribution >= 4 is 25.7 Å². The van der Waals surface area contributed by atoms with Gasteiger partial charge in [0.1, 0.15) is 0 Å². The molecule has 2 aromatic carbocycles. The molecular formula is C21H31N3O4S2. The van der Waals surface area contributed by atoms with Crippen molar-refractivity contribution in [3.63, 3.8) is 0 Å². The van der Waals surface area contributed by atoms with Crippen molar-refractivity contribution in [3.05, 3.63) is 54.1 Å². The van der Waals surface area contributed by atoms with Crippen molar-refractivity contribution in [1.29, 1.82) is 0 Å². The maximum absolute atomic E-state index is 11.3. The lowest BCUT2D eigenvalue weighted by Crippen LogP contribution is -2.26. The van der Waals surface area contributed by atoms with Crippen LogP contribution in [0.2, 0.25) is 0 Å². The van der Waals surface area contributed by atoms with E-state index in [1.807, 2.05) is 18.2 Å². The van der Waals surface area contributed by atoms with Crippen LogP contribution in [0.3, 0.4) is 0 Å². The molecule has 0 aliphatic carbocycles. The molecule has 0 bridgehead atoms. The van der Waals surface area contributed by atoms with Crippen molar-refractivity contribution in [2.75, 3.05) is 31.1 Å². The molecule has 3 rings (SSSR count). The van der Waals surface area contributed by atoms with Crippen molar-refractivity contribution in [2.45, 2.75) is 31.4 Å². The predicted octanol–water partition coefficient (Wildman–Crippen LogP) is 2.75. The summed E-state index contributed by atoms with van der Waals surface area (Å²) in [7, 11) is -4.82. The van der Waals surface area contributed by atoms with Gasteiger partial charge in [0.2, 0.25) is 20.0 Å². The fourth-order valence-corrected chi connectivity index (χ4v) is 4.13. The zero-order valence-electron chi connectivity index (χ0n) is 17.8. The van der Waals surface area contributed by atoms with E-state index in [4.69, 9.17) is 0 Å². The lowest BCUT2D eigenvalue weighted by atomic mass is 9.95. The monoisotopic (exact) mass is 453 g/mol. The van der Waals surface area contributed by atoms with E-state index in [2.05, 4.69) is 39.0 Å². The minimum Gasteiger partial charge on any atom is -0.316 e. The quantitative estimate of drug-likeness (QED) is 0.624. The molecule has 1 unspecified atom stereocenters. The van der Waals surface area contributed by atoms with Crippen molar-refractivity contribution in [3.8, 4) is 11.1 Å². The summed E-state index contributed by atoms with van der Waals surface area (Å²) in [5, 5.41) is 3.05.